The van der Waals surface area contributed by atoms with E-state index in [-0.39, 0.29) is 5.69 Å². The lowest BCUT2D eigenvalue weighted by Gasteiger charge is -2.47. The molecule has 1 saturated heterocycles. The van der Waals surface area contributed by atoms with Gasteiger partial charge >= 0.3 is 6.55 Å². The molecular formula is C23H26F2N2O3. The zero-order chi connectivity index (χ0) is 20.9. The van der Waals surface area contributed by atoms with Gasteiger partial charge in [-0.05, 0) is 43.5 Å². The number of ether oxygens (including phenoxy) is 2. The summed E-state index contributed by atoms with van der Waals surface area (Å²) in [6.45, 7) is 1.09. The lowest BCUT2D eigenvalue weighted by molar-refractivity contribution is -0.231. The molecule has 0 bridgehead atoms. The molecular weight excluding hydrogens is 390 g/mol. The Kier molecular flexibility index (Phi) is 4.90. The summed E-state index contributed by atoms with van der Waals surface area (Å²) in [6.07, 6.45) is 5.65. The molecule has 2 fully saturated rings. The largest absolute Gasteiger partial charge is 0.462 e. The number of fused-ring (bicyclic) bond motifs is 1. The summed E-state index contributed by atoms with van der Waals surface area (Å²) >= 11 is 0. The fraction of sp³-hybridized carbons (Fsp3) is 0.522. The first-order chi connectivity index (χ1) is 14.5. The van der Waals surface area contributed by atoms with E-state index in [2.05, 4.69) is 4.90 Å². The Hall–Kier alpha value is -2.25. The van der Waals surface area contributed by atoms with E-state index < -0.39 is 17.9 Å². The van der Waals surface area contributed by atoms with Gasteiger partial charge in [0.25, 0.3) is 5.56 Å². The van der Waals surface area contributed by atoms with E-state index in [1.807, 2.05) is 18.2 Å². The van der Waals surface area contributed by atoms with Crippen molar-refractivity contribution in [1.82, 2.24) is 9.47 Å². The molecule has 1 aliphatic carbocycles. The zero-order valence-corrected chi connectivity index (χ0v) is 17.1. The SMILES string of the molecule is Cc1c(-c2ccc3c(c2)COC2(CCN(C4CCC4)CC2)O3)ccc(=O)n1C(F)F. The Morgan fingerprint density at radius 3 is 2.57 bits per heavy atom. The van der Waals surface area contributed by atoms with E-state index in [4.69, 9.17) is 9.47 Å². The van der Waals surface area contributed by atoms with Crippen molar-refractivity contribution in [1.29, 1.82) is 0 Å². The van der Waals surface area contributed by atoms with Gasteiger partial charge in [-0.1, -0.05) is 12.5 Å². The molecule has 5 rings (SSSR count). The van der Waals surface area contributed by atoms with Crippen molar-refractivity contribution >= 4 is 0 Å². The van der Waals surface area contributed by atoms with Gasteiger partial charge in [0, 0.05) is 54.9 Å². The smallest absolute Gasteiger partial charge is 0.321 e. The lowest BCUT2D eigenvalue weighted by atomic mass is 9.89. The van der Waals surface area contributed by atoms with Crippen molar-refractivity contribution in [3.05, 3.63) is 51.9 Å². The second-order valence-electron chi connectivity index (χ2n) is 8.56. The van der Waals surface area contributed by atoms with Crippen LogP contribution in [0, 0.1) is 6.92 Å². The van der Waals surface area contributed by atoms with E-state index in [1.165, 1.54) is 25.3 Å². The first-order valence-electron chi connectivity index (χ1n) is 10.7. The van der Waals surface area contributed by atoms with Gasteiger partial charge in [0.1, 0.15) is 5.75 Å². The predicted octanol–water partition coefficient (Wildman–Crippen LogP) is 4.47. The van der Waals surface area contributed by atoms with Gasteiger partial charge in [-0.15, -0.1) is 0 Å². The van der Waals surface area contributed by atoms with Crippen LogP contribution in [0.1, 0.15) is 49.9 Å². The molecule has 0 N–H and O–H groups in total. The third-order valence-electron chi connectivity index (χ3n) is 6.89. The summed E-state index contributed by atoms with van der Waals surface area (Å²) < 4.78 is 39.6. The molecule has 1 aromatic heterocycles. The number of likely N-dealkylation sites (tertiary alicyclic amines) is 1. The number of hydrogen-bond donors (Lipinski definition) is 0. The van der Waals surface area contributed by atoms with E-state index >= 15 is 0 Å². The highest BCUT2D eigenvalue weighted by Gasteiger charge is 2.42. The Bertz CT molecular complexity index is 1010. The van der Waals surface area contributed by atoms with Crippen LogP contribution in [0.3, 0.4) is 0 Å². The number of benzene rings is 1. The molecule has 0 unspecified atom stereocenters. The fourth-order valence-corrected chi connectivity index (χ4v) is 4.82. The summed E-state index contributed by atoms with van der Waals surface area (Å²) in [5.74, 6) is 0.232. The molecule has 0 radical (unpaired) electrons. The molecule has 7 heteroatoms. The van der Waals surface area contributed by atoms with Gasteiger partial charge < -0.3 is 9.47 Å². The second-order valence-corrected chi connectivity index (χ2v) is 8.56. The molecule has 2 aromatic rings. The number of nitrogens with zero attached hydrogens (tertiary/aromatic N) is 2. The highest BCUT2D eigenvalue weighted by atomic mass is 19.3. The average Bonchev–Trinajstić information content (AvgIpc) is 2.68. The van der Waals surface area contributed by atoms with E-state index in [1.54, 1.807) is 13.0 Å². The van der Waals surface area contributed by atoms with Crippen LogP contribution in [0.2, 0.25) is 0 Å². The molecule has 160 valence electrons. The monoisotopic (exact) mass is 416 g/mol. The van der Waals surface area contributed by atoms with Crippen molar-refractivity contribution in [3.8, 4) is 16.9 Å². The quantitative estimate of drug-likeness (QED) is 0.741. The third kappa shape index (κ3) is 3.34. The Balaban J connectivity index is 1.37. The van der Waals surface area contributed by atoms with Crippen molar-refractivity contribution in [2.24, 2.45) is 0 Å². The van der Waals surface area contributed by atoms with Crippen molar-refractivity contribution in [3.63, 3.8) is 0 Å². The lowest BCUT2D eigenvalue weighted by Crippen LogP contribution is -2.54. The highest BCUT2D eigenvalue weighted by Crippen LogP contribution is 2.40. The van der Waals surface area contributed by atoms with Crippen LogP contribution < -0.4 is 10.3 Å². The third-order valence-corrected chi connectivity index (χ3v) is 6.89. The Morgan fingerprint density at radius 2 is 1.90 bits per heavy atom. The van der Waals surface area contributed by atoms with Crippen LogP contribution in [-0.2, 0) is 11.3 Å². The maximum atomic E-state index is 13.3. The van der Waals surface area contributed by atoms with Crippen LogP contribution in [0.4, 0.5) is 8.78 Å². The first-order valence-corrected chi connectivity index (χ1v) is 10.7. The van der Waals surface area contributed by atoms with Gasteiger partial charge in [0.2, 0.25) is 5.79 Å². The molecule has 3 heterocycles. The Morgan fingerprint density at radius 1 is 1.13 bits per heavy atom. The number of piperidine rings is 1. The maximum absolute atomic E-state index is 13.3. The van der Waals surface area contributed by atoms with Crippen LogP contribution in [0.15, 0.2) is 35.1 Å². The minimum Gasteiger partial charge on any atom is -0.462 e. The van der Waals surface area contributed by atoms with Gasteiger partial charge in [0.15, 0.2) is 0 Å². The summed E-state index contributed by atoms with van der Waals surface area (Å²) in [4.78, 5) is 14.4. The zero-order valence-electron chi connectivity index (χ0n) is 17.1. The summed E-state index contributed by atoms with van der Waals surface area (Å²) in [7, 11) is 0. The summed E-state index contributed by atoms with van der Waals surface area (Å²) in [5, 5.41) is 0. The normalized spacial score (nSPS) is 21.3. The van der Waals surface area contributed by atoms with Crippen LogP contribution in [0.5, 0.6) is 5.75 Å². The maximum Gasteiger partial charge on any atom is 0.321 e. The first kappa shape index (κ1) is 19.7. The average molecular weight is 416 g/mol. The van der Waals surface area contributed by atoms with Crippen LogP contribution in [0.25, 0.3) is 11.1 Å². The van der Waals surface area contributed by atoms with Gasteiger partial charge in [0.05, 0.1) is 6.61 Å². The number of hydrogen-bond acceptors (Lipinski definition) is 4. The number of halogens is 2. The van der Waals surface area contributed by atoms with E-state index in [0.717, 1.165) is 48.8 Å². The molecule has 0 amide bonds. The topological polar surface area (TPSA) is 43.7 Å². The van der Waals surface area contributed by atoms with Gasteiger partial charge in [-0.3, -0.25) is 14.3 Å². The standard InChI is InChI=1S/C23H26F2N2O3/c1-15-19(6-8-21(28)27(15)22(24)25)16-5-7-20-17(13-16)14-29-23(30-20)9-11-26(12-10-23)18-3-2-4-18/h5-8,13,18,22H,2-4,9-12,14H2,1H3. The van der Waals surface area contributed by atoms with Crippen molar-refractivity contribution < 1.29 is 18.3 Å². The number of aromatic nitrogens is 1. The minimum absolute atomic E-state index is 0.245. The minimum atomic E-state index is -2.87. The van der Waals surface area contributed by atoms with E-state index in [0.29, 0.717) is 16.7 Å². The molecule has 3 aliphatic rings. The van der Waals surface area contributed by atoms with Crippen molar-refractivity contribution in [2.45, 2.75) is 64.0 Å². The molecule has 0 atom stereocenters. The van der Waals surface area contributed by atoms with Crippen molar-refractivity contribution in [2.75, 3.05) is 13.1 Å². The molecule has 2 aliphatic heterocycles. The fourth-order valence-electron chi connectivity index (χ4n) is 4.82. The number of rotatable bonds is 3. The van der Waals surface area contributed by atoms with Crippen LogP contribution in [-0.4, -0.2) is 34.4 Å². The van der Waals surface area contributed by atoms with Gasteiger partial charge in [-0.25, -0.2) is 0 Å². The predicted molar refractivity (Wildman–Crippen MR) is 109 cm³/mol. The highest BCUT2D eigenvalue weighted by molar-refractivity contribution is 5.68. The second kappa shape index (κ2) is 7.46. The molecule has 30 heavy (non-hydrogen) atoms. The van der Waals surface area contributed by atoms with Gasteiger partial charge in [-0.2, -0.15) is 8.78 Å². The number of alkyl halides is 2. The summed E-state index contributed by atoms with van der Waals surface area (Å²) in [5.41, 5.74) is 1.81. The molecule has 1 saturated carbocycles. The summed E-state index contributed by atoms with van der Waals surface area (Å²) in [6, 6.07) is 9.19. The van der Waals surface area contributed by atoms with Crippen LogP contribution >= 0.6 is 0 Å². The Labute approximate surface area is 174 Å². The molecule has 1 aromatic carbocycles. The van der Waals surface area contributed by atoms with E-state index in [9.17, 15) is 13.6 Å². The molecule has 5 nitrogen and oxygen atoms in total. The molecule has 1 spiro atoms. The number of pyridine rings is 1.